The van der Waals surface area contributed by atoms with Crippen LogP contribution in [0.3, 0.4) is 0 Å². The van der Waals surface area contributed by atoms with Crippen LogP contribution in [0.25, 0.3) is 0 Å². The van der Waals surface area contributed by atoms with Gasteiger partial charge >= 0.3 is 5.69 Å². The van der Waals surface area contributed by atoms with Crippen LogP contribution in [0.1, 0.15) is 0 Å². The van der Waals surface area contributed by atoms with Gasteiger partial charge in [0.2, 0.25) is 5.95 Å². The first kappa shape index (κ1) is 8.75. The van der Waals surface area contributed by atoms with Gasteiger partial charge in [-0.2, -0.15) is 0 Å². The summed E-state index contributed by atoms with van der Waals surface area (Å²) in [4.78, 5) is 13.0. The third kappa shape index (κ3) is 2.07. The third-order valence-electron chi connectivity index (χ3n) is 1.30. The molecule has 0 saturated carbocycles. The number of aromatic amines is 2. The van der Waals surface area contributed by atoms with E-state index in [1.807, 2.05) is 0 Å². The molecule has 12 heavy (non-hydrogen) atoms. The second-order valence-electron chi connectivity index (χ2n) is 2.19. The van der Waals surface area contributed by atoms with Crippen molar-refractivity contribution in [2.45, 2.75) is 0 Å². The number of hydrogen-bond donors (Lipinski definition) is 3. The average molecular weight is 173 g/mol. The lowest BCUT2D eigenvalue weighted by Gasteiger charge is -2.12. The highest BCUT2D eigenvalue weighted by Crippen LogP contribution is 1.94. The SMILES string of the molecule is COCCN(N)c1n[nH]c(=O)[nH]1. The number of nitrogens with zero attached hydrogens (tertiary/aromatic N) is 2. The van der Waals surface area contributed by atoms with Gasteiger partial charge in [-0.05, 0) is 0 Å². The summed E-state index contributed by atoms with van der Waals surface area (Å²) in [6.07, 6.45) is 0. The fraction of sp³-hybridized carbons (Fsp3) is 0.600. The van der Waals surface area contributed by atoms with E-state index in [0.717, 1.165) is 0 Å². The molecule has 0 fully saturated rings. The van der Waals surface area contributed by atoms with Gasteiger partial charge in [-0.25, -0.2) is 15.7 Å². The first-order chi connectivity index (χ1) is 5.74. The number of hydrogen-bond acceptors (Lipinski definition) is 5. The predicted octanol–water partition coefficient (Wildman–Crippen LogP) is -1.58. The van der Waals surface area contributed by atoms with Gasteiger partial charge in [0.05, 0.1) is 13.2 Å². The summed E-state index contributed by atoms with van der Waals surface area (Å²) >= 11 is 0. The molecule has 1 aromatic rings. The third-order valence-corrected chi connectivity index (χ3v) is 1.30. The molecule has 0 bridgehead atoms. The Morgan fingerprint density at radius 3 is 3.00 bits per heavy atom. The minimum absolute atomic E-state index is 0.303. The Hall–Kier alpha value is -1.34. The zero-order valence-corrected chi connectivity index (χ0v) is 6.70. The lowest BCUT2D eigenvalue weighted by molar-refractivity contribution is 0.205. The Labute approximate surface area is 68.5 Å². The van der Waals surface area contributed by atoms with Crippen LogP contribution in [-0.2, 0) is 4.74 Å². The predicted molar refractivity (Wildman–Crippen MR) is 42.6 cm³/mol. The smallest absolute Gasteiger partial charge is 0.342 e. The minimum atomic E-state index is -0.377. The first-order valence-electron chi connectivity index (χ1n) is 3.40. The fourth-order valence-corrected chi connectivity index (χ4v) is 0.693. The van der Waals surface area contributed by atoms with E-state index < -0.39 is 0 Å². The van der Waals surface area contributed by atoms with Crippen molar-refractivity contribution in [3.8, 4) is 0 Å². The molecule has 7 heteroatoms. The highest BCUT2D eigenvalue weighted by molar-refractivity contribution is 5.23. The molecule has 0 aliphatic heterocycles. The summed E-state index contributed by atoms with van der Waals surface area (Å²) in [6, 6.07) is 0. The Morgan fingerprint density at radius 2 is 2.50 bits per heavy atom. The Morgan fingerprint density at radius 1 is 1.75 bits per heavy atom. The van der Waals surface area contributed by atoms with Crippen LogP contribution in [0.4, 0.5) is 5.95 Å². The number of nitrogens with one attached hydrogen (secondary N) is 2. The Bertz CT molecular complexity index is 279. The quantitative estimate of drug-likeness (QED) is 0.377. The molecule has 0 aromatic carbocycles. The molecule has 0 saturated heterocycles. The number of hydrazine groups is 1. The van der Waals surface area contributed by atoms with Gasteiger partial charge in [0, 0.05) is 7.11 Å². The number of rotatable bonds is 4. The first-order valence-corrected chi connectivity index (χ1v) is 3.40. The Kier molecular flexibility index (Phi) is 2.83. The van der Waals surface area contributed by atoms with Gasteiger partial charge in [0.1, 0.15) is 0 Å². The fourth-order valence-electron chi connectivity index (χ4n) is 0.693. The summed E-state index contributed by atoms with van der Waals surface area (Å²) in [6.45, 7) is 0.947. The maximum Gasteiger partial charge on any atom is 0.342 e. The van der Waals surface area contributed by atoms with E-state index in [1.165, 1.54) is 5.01 Å². The molecule has 0 aliphatic carbocycles. The van der Waals surface area contributed by atoms with Gasteiger partial charge < -0.3 is 4.74 Å². The minimum Gasteiger partial charge on any atom is -0.383 e. The molecule has 0 unspecified atom stereocenters. The maximum atomic E-state index is 10.6. The van der Waals surface area contributed by atoms with E-state index in [2.05, 4.69) is 15.2 Å². The van der Waals surface area contributed by atoms with Crippen molar-refractivity contribution in [2.75, 3.05) is 25.3 Å². The molecule has 1 aromatic heterocycles. The van der Waals surface area contributed by atoms with Crippen molar-refractivity contribution >= 4 is 5.95 Å². The molecule has 7 nitrogen and oxygen atoms in total. The van der Waals surface area contributed by atoms with Crippen LogP contribution < -0.4 is 16.5 Å². The normalized spacial score (nSPS) is 10.2. The second-order valence-corrected chi connectivity index (χ2v) is 2.19. The van der Waals surface area contributed by atoms with Crippen LogP contribution in [-0.4, -0.2) is 35.4 Å². The monoisotopic (exact) mass is 173 g/mol. The zero-order valence-electron chi connectivity index (χ0n) is 6.70. The van der Waals surface area contributed by atoms with E-state index in [0.29, 0.717) is 19.1 Å². The number of H-pyrrole nitrogens is 2. The van der Waals surface area contributed by atoms with E-state index in [1.54, 1.807) is 7.11 Å². The van der Waals surface area contributed by atoms with Crippen molar-refractivity contribution in [3.05, 3.63) is 10.5 Å². The summed E-state index contributed by atoms with van der Waals surface area (Å²) in [5.74, 6) is 5.80. The number of anilines is 1. The summed E-state index contributed by atoms with van der Waals surface area (Å²) < 4.78 is 4.79. The second kappa shape index (κ2) is 3.88. The van der Waals surface area contributed by atoms with Crippen LogP contribution in [0.5, 0.6) is 0 Å². The molecule has 4 N–H and O–H groups in total. The van der Waals surface area contributed by atoms with E-state index in [9.17, 15) is 4.79 Å². The molecule has 0 atom stereocenters. The molecule has 1 rings (SSSR count). The van der Waals surface area contributed by atoms with Crippen LogP contribution in [0.2, 0.25) is 0 Å². The van der Waals surface area contributed by atoms with Crippen molar-refractivity contribution in [1.29, 1.82) is 0 Å². The van der Waals surface area contributed by atoms with Crippen molar-refractivity contribution < 1.29 is 4.74 Å². The van der Waals surface area contributed by atoms with Gasteiger partial charge in [-0.1, -0.05) is 0 Å². The summed E-state index contributed by atoms with van der Waals surface area (Å²) in [5.41, 5.74) is -0.377. The lowest BCUT2D eigenvalue weighted by Crippen LogP contribution is -2.35. The van der Waals surface area contributed by atoms with Gasteiger partial charge in [-0.3, -0.25) is 9.99 Å². The van der Waals surface area contributed by atoms with Crippen LogP contribution in [0.15, 0.2) is 4.79 Å². The molecule has 1 heterocycles. The van der Waals surface area contributed by atoms with E-state index >= 15 is 0 Å². The van der Waals surface area contributed by atoms with Crippen LogP contribution >= 0.6 is 0 Å². The van der Waals surface area contributed by atoms with Crippen molar-refractivity contribution in [3.63, 3.8) is 0 Å². The molecule has 0 radical (unpaired) electrons. The van der Waals surface area contributed by atoms with Gasteiger partial charge in [-0.15, -0.1) is 5.10 Å². The summed E-state index contributed by atoms with van der Waals surface area (Å²) in [5, 5.41) is 7.12. The van der Waals surface area contributed by atoms with Crippen molar-refractivity contribution in [2.24, 2.45) is 5.84 Å². The van der Waals surface area contributed by atoms with Gasteiger partial charge in [0.15, 0.2) is 0 Å². The lowest BCUT2D eigenvalue weighted by atomic mass is 10.6. The molecular weight excluding hydrogens is 162 g/mol. The highest BCUT2D eigenvalue weighted by atomic mass is 16.5. The van der Waals surface area contributed by atoms with E-state index in [-0.39, 0.29) is 5.69 Å². The number of nitrogens with two attached hydrogens (primary N) is 1. The van der Waals surface area contributed by atoms with E-state index in [4.69, 9.17) is 10.6 Å². The topological polar surface area (TPSA) is 100 Å². The standard InChI is InChI=1S/C5H11N5O2/c1-12-3-2-10(6)4-7-5(11)9-8-4/h2-3,6H2,1H3,(H2,7,8,9,11). The number of ether oxygens (including phenoxy) is 1. The zero-order chi connectivity index (χ0) is 8.97. The van der Waals surface area contributed by atoms with Crippen LogP contribution in [0, 0.1) is 0 Å². The molecule has 0 spiro atoms. The molecule has 68 valence electrons. The number of methoxy groups -OCH3 is 1. The Balaban J connectivity index is 2.53. The molecule has 0 aliphatic rings. The summed E-state index contributed by atoms with van der Waals surface area (Å²) in [7, 11) is 1.57. The largest absolute Gasteiger partial charge is 0.383 e. The van der Waals surface area contributed by atoms with Crippen molar-refractivity contribution in [1.82, 2.24) is 15.2 Å². The number of aromatic nitrogens is 3. The maximum absolute atomic E-state index is 10.6. The van der Waals surface area contributed by atoms with Gasteiger partial charge in [0.25, 0.3) is 0 Å². The molecule has 0 amide bonds. The average Bonchev–Trinajstić information content (AvgIpc) is 2.47. The highest BCUT2D eigenvalue weighted by Gasteiger charge is 2.03. The molecular formula is C5H11N5O2.